The molecule has 10 heteroatoms. The number of rotatable bonds is 8. The van der Waals surface area contributed by atoms with E-state index in [1.807, 2.05) is 0 Å². The smallest absolute Gasteiger partial charge is 0.328 e. The standard InChI is InChI=1S/C23H23FN2O6S/c1-14-16(12-22(28)25-20(13-27)23(29)30)11-21(26(14)18-7-5-17(24)6-8-18)15-3-9-19(10-4-15)33(2,31)32/h3-11,20,27H,12-13H2,1-2H3,(H,25,28)(H,29,30)/t20-/m1/s1. The summed E-state index contributed by atoms with van der Waals surface area (Å²) in [6.45, 7) is 1.02. The molecule has 1 atom stereocenters. The van der Waals surface area contributed by atoms with E-state index in [1.54, 1.807) is 41.8 Å². The lowest BCUT2D eigenvalue weighted by Crippen LogP contribution is -2.43. The van der Waals surface area contributed by atoms with Crippen molar-refractivity contribution in [2.45, 2.75) is 24.3 Å². The van der Waals surface area contributed by atoms with Crippen molar-refractivity contribution < 1.29 is 32.6 Å². The maximum Gasteiger partial charge on any atom is 0.328 e. The molecule has 8 nitrogen and oxygen atoms in total. The number of aliphatic carboxylic acids is 1. The van der Waals surface area contributed by atoms with E-state index in [4.69, 9.17) is 10.2 Å². The summed E-state index contributed by atoms with van der Waals surface area (Å²) >= 11 is 0. The third kappa shape index (κ3) is 5.47. The number of nitrogens with one attached hydrogen (secondary N) is 1. The average molecular weight is 475 g/mol. The highest BCUT2D eigenvalue weighted by Crippen LogP contribution is 2.30. The molecule has 0 unspecified atom stereocenters. The number of carboxylic acid groups (broad SMARTS) is 1. The van der Waals surface area contributed by atoms with E-state index in [-0.39, 0.29) is 11.3 Å². The lowest BCUT2D eigenvalue weighted by Gasteiger charge is -2.13. The molecule has 1 heterocycles. The van der Waals surface area contributed by atoms with Crippen molar-refractivity contribution in [3.8, 4) is 16.9 Å². The van der Waals surface area contributed by atoms with Crippen LogP contribution in [0.25, 0.3) is 16.9 Å². The van der Waals surface area contributed by atoms with Crippen molar-refractivity contribution >= 4 is 21.7 Å². The van der Waals surface area contributed by atoms with Crippen molar-refractivity contribution in [3.63, 3.8) is 0 Å². The van der Waals surface area contributed by atoms with Crippen LogP contribution in [0.5, 0.6) is 0 Å². The van der Waals surface area contributed by atoms with E-state index >= 15 is 0 Å². The Hall–Kier alpha value is -3.50. The molecular weight excluding hydrogens is 451 g/mol. The Morgan fingerprint density at radius 1 is 1.09 bits per heavy atom. The molecule has 0 saturated carbocycles. The highest BCUT2D eigenvalue weighted by molar-refractivity contribution is 7.90. The summed E-state index contributed by atoms with van der Waals surface area (Å²) in [6.07, 6.45) is 0.957. The largest absolute Gasteiger partial charge is 0.480 e. The van der Waals surface area contributed by atoms with Crippen LogP contribution in [0.15, 0.2) is 59.5 Å². The zero-order valence-electron chi connectivity index (χ0n) is 17.9. The van der Waals surface area contributed by atoms with Gasteiger partial charge in [-0.25, -0.2) is 17.6 Å². The Morgan fingerprint density at radius 2 is 1.70 bits per heavy atom. The van der Waals surface area contributed by atoms with Gasteiger partial charge in [0.05, 0.1) is 23.6 Å². The number of benzene rings is 2. The molecule has 1 aromatic heterocycles. The Balaban J connectivity index is 2.05. The van der Waals surface area contributed by atoms with Gasteiger partial charge in [-0.15, -0.1) is 0 Å². The molecule has 0 aliphatic carbocycles. The maximum atomic E-state index is 13.5. The fourth-order valence-corrected chi connectivity index (χ4v) is 4.08. The summed E-state index contributed by atoms with van der Waals surface area (Å²) in [5.41, 5.74) is 3.18. The number of aliphatic hydroxyl groups is 1. The predicted octanol–water partition coefficient (Wildman–Crippen LogP) is 2.10. The molecule has 33 heavy (non-hydrogen) atoms. The minimum atomic E-state index is -3.38. The maximum absolute atomic E-state index is 13.5. The van der Waals surface area contributed by atoms with Gasteiger partial charge in [-0.1, -0.05) is 12.1 Å². The summed E-state index contributed by atoms with van der Waals surface area (Å²) in [4.78, 5) is 23.7. The highest BCUT2D eigenvalue weighted by Gasteiger charge is 2.22. The van der Waals surface area contributed by atoms with E-state index in [2.05, 4.69) is 5.32 Å². The van der Waals surface area contributed by atoms with E-state index in [0.29, 0.717) is 28.2 Å². The highest BCUT2D eigenvalue weighted by atomic mass is 32.2. The summed E-state index contributed by atoms with van der Waals surface area (Å²) in [7, 11) is -3.38. The molecular formula is C23H23FN2O6S. The Labute approximate surface area is 190 Å². The first kappa shape index (κ1) is 24.1. The van der Waals surface area contributed by atoms with Gasteiger partial charge < -0.3 is 20.1 Å². The summed E-state index contributed by atoms with van der Waals surface area (Å²) in [5, 5.41) is 20.4. The second-order valence-corrected chi connectivity index (χ2v) is 9.58. The molecule has 174 valence electrons. The monoisotopic (exact) mass is 474 g/mol. The van der Waals surface area contributed by atoms with Gasteiger partial charge in [-0.3, -0.25) is 4.79 Å². The van der Waals surface area contributed by atoms with Gasteiger partial charge in [-0.05, 0) is 60.5 Å². The molecule has 0 spiro atoms. The Kier molecular flexibility index (Phi) is 6.99. The Morgan fingerprint density at radius 3 is 2.21 bits per heavy atom. The predicted molar refractivity (Wildman–Crippen MR) is 119 cm³/mol. The van der Waals surface area contributed by atoms with Crippen molar-refractivity contribution in [2.75, 3.05) is 12.9 Å². The molecule has 1 amide bonds. The van der Waals surface area contributed by atoms with Gasteiger partial charge in [0.2, 0.25) is 5.91 Å². The number of aliphatic hydroxyl groups excluding tert-OH is 1. The number of carboxylic acids is 1. The van der Waals surface area contributed by atoms with Crippen LogP contribution >= 0.6 is 0 Å². The van der Waals surface area contributed by atoms with E-state index in [1.165, 1.54) is 24.3 Å². The number of amides is 1. The lowest BCUT2D eigenvalue weighted by molar-refractivity contribution is -0.142. The molecule has 0 fully saturated rings. The van der Waals surface area contributed by atoms with E-state index in [0.717, 1.165) is 6.26 Å². The van der Waals surface area contributed by atoms with Crippen molar-refractivity contribution in [3.05, 3.63) is 71.7 Å². The summed E-state index contributed by atoms with van der Waals surface area (Å²) in [5.74, 6) is -2.35. The van der Waals surface area contributed by atoms with Crippen LogP contribution in [0.1, 0.15) is 11.3 Å². The minimum Gasteiger partial charge on any atom is -0.480 e. The van der Waals surface area contributed by atoms with Crippen LogP contribution < -0.4 is 5.32 Å². The zero-order valence-corrected chi connectivity index (χ0v) is 18.8. The van der Waals surface area contributed by atoms with Gasteiger partial charge in [0.1, 0.15) is 11.9 Å². The topological polar surface area (TPSA) is 126 Å². The van der Waals surface area contributed by atoms with Crippen LogP contribution in [-0.4, -0.2) is 54.0 Å². The SMILES string of the molecule is Cc1c(CC(=O)N[C@H](CO)C(=O)O)cc(-c2ccc(S(C)(=O)=O)cc2)n1-c1ccc(F)cc1. The molecule has 0 bridgehead atoms. The molecule has 0 radical (unpaired) electrons. The fourth-order valence-electron chi connectivity index (χ4n) is 3.45. The number of aromatic nitrogens is 1. The fraction of sp³-hybridized carbons (Fsp3) is 0.217. The number of sulfone groups is 1. The van der Waals surface area contributed by atoms with Gasteiger partial charge in [0.15, 0.2) is 9.84 Å². The quantitative estimate of drug-likeness (QED) is 0.459. The molecule has 0 saturated heterocycles. The first-order valence-corrected chi connectivity index (χ1v) is 11.8. The van der Waals surface area contributed by atoms with Crippen molar-refractivity contribution in [1.29, 1.82) is 0 Å². The number of hydrogen-bond acceptors (Lipinski definition) is 5. The van der Waals surface area contributed by atoms with Gasteiger partial charge in [-0.2, -0.15) is 0 Å². The summed E-state index contributed by atoms with van der Waals surface area (Å²) in [6, 6.07) is 12.3. The van der Waals surface area contributed by atoms with Gasteiger partial charge in [0.25, 0.3) is 0 Å². The average Bonchev–Trinajstić information content (AvgIpc) is 3.07. The normalized spacial score (nSPS) is 12.4. The van der Waals surface area contributed by atoms with E-state index in [9.17, 15) is 22.4 Å². The van der Waals surface area contributed by atoms with Crippen LogP contribution in [-0.2, 0) is 25.8 Å². The molecule has 3 aromatic rings. The van der Waals surface area contributed by atoms with Crippen LogP contribution in [0.2, 0.25) is 0 Å². The molecule has 3 rings (SSSR count). The minimum absolute atomic E-state index is 0.155. The van der Waals surface area contributed by atoms with Gasteiger partial charge in [0, 0.05) is 17.6 Å². The molecule has 2 aromatic carbocycles. The second-order valence-electron chi connectivity index (χ2n) is 7.57. The molecule has 0 aliphatic rings. The number of halogens is 1. The van der Waals surface area contributed by atoms with Crippen LogP contribution in [0.4, 0.5) is 4.39 Å². The number of carbonyl (C=O) groups excluding carboxylic acids is 1. The van der Waals surface area contributed by atoms with Crippen LogP contribution in [0.3, 0.4) is 0 Å². The third-order valence-corrected chi connectivity index (χ3v) is 6.31. The lowest BCUT2D eigenvalue weighted by atomic mass is 10.1. The molecule has 3 N–H and O–H groups in total. The Bertz CT molecular complexity index is 1280. The summed E-state index contributed by atoms with van der Waals surface area (Å²) < 4.78 is 38.9. The first-order valence-electron chi connectivity index (χ1n) is 9.92. The number of hydrogen-bond donors (Lipinski definition) is 3. The van der Waals surface area contributed by atoms with Crippen molar-refractivity contribution in [2.24, 2.45) is 0 Å². The first-order chi connectivity index (χ1) is 15.5. The third-order valence-electron chi connectivity index (χ3n) is 5.18. The van der Waals surface area contributed by atoms with Gasteiger partial charge >= 0.3 is 5.97 Å². The number of nitrogens with zero attached hydrogens (tertiary/aromatic N) is 1. The second kappa shape index (κ2) is 9.55. The number of carbonyl (C=O) groups is 2. The van der Waals surface area contributed by atoms with E-state index < -0.39 is 40.2 Å². The van der Waals surface area contributed by atoms with Crippen molar-refractivity contribution in [1.82, 2.24) is 9.88 Å². The van der Waals surface area contributed by atoms with Crippen LogP contribution in [0, 0.1) is 12.7 Å². The zero-order chi connectivity index (χ0) is 24.3. The molecule has 0 aliphatic heterocycles.